The molecule has 3 rings (SSSR count). The van der Waals surface area contributed by atoms with Crippen LogP contribution in [0, 0.1) is 17.0 Å². The molecule has 2 aromatic carbocycles. The largest absolute Gasteiger partial charge is 0.394 e. The number of aliphatic hydroxyl groups is 2. The summed E-state index contributed by atoms with van der Waals surface area (Å²) in [7, 11) is 0. The molecule has 41 heavy (non-hydrogen) atoms. The molecule has 2 amide bonds. The summed E-state index contributed by atoms with van der Waals surface area (Å²) in [6.07, 6.45) is -0.0565. The maximum atomic E-state index is 15.7. The Hall–Kier alpha value is -2.34. The zero-order valence-corrected chi connectivity index (χ0v) is 24.8. The first-order valence-electron chi connectivity index (χ1n) is 13.5. The van der Waals surface area contributed by atoms with Crippen molar-refractivity contribution in [1.29, 1.82) is 0 Å². The predicted octanol–water partition coefficient (Wildman–Crippen LogP) is 3.35. The third-order valence-corrected chi connectivity index (χ3v) is 8.25. The molecule has 0 aromatic heterocycles. The van der Waals surface area contributed by atoms with Crippen molar-refractivity contribution in [3.8, 4) is 0 Å². The Morgan fingerprint density at radius 3 is 2.51 bits per heavy atom. The average molecular weight is 616 g/mol. The lowest BCUT2D eigenvalue weighted by Crippen LogP contribution is -2.52. The highest BCUT2D eigenvalue weighted by molar-refractivity contribution is 6.31. The number of hydrogen-bond acceptors (Lipinski definition) is 6. The summed E-state index contributed by atoms with van der Waals surface area (Å²) in [4.78, 5) is 25.1. The third-order valence-electron chi connectivity index (χ3n) is 7.72. The molecule has 226 valence electrons. The minimum Gasteiger partial charge on any atom is -0.394 e. The van der Waals surface area contributed by atoms with Gasteiger partial charge in [0.25, 0.3) is 0 Å². The van der Waals surface area contributed by atoms with Gasteiger partial charge in [-0.15, -0.1) is 0 Å². The molecule has 1 saturated heterocycles. The van der Waals surface area contributed by atoms with Crippen LogP contribution in [0.5, 0.6) is 0 Å². The molecule has 0 radical (unpaired) electrons. The summed E-state index contributed by atoms with van der Waals surface area (Å²) in [5.41, 5.74) is 5.18. The Bertz CT molecular complexity index is 1250. The van der Waals surface area contributed by atoms with Crippen molar-refractivity contribution in [3.63, 3.8) is 0 Å². The van der Waals surface area contributed by atoms with Gasteiger partial charge in [-0.1, -0.05) is 55.2 Å². The molecule has 0 bridgehead atoms. The van der Waals surface area contributed by atoms with Gasteiger partial charge in [0.1, 0.15) is 11.6 Å². The van der Waals surface area contributed by atoms with E-state index in [1.807, 2.05) is 13.8 Å². The molecule has 1 heterocycles. The first-order valence-corrected chi connectivity index (χ1v) is 14.2. The smallest absolute Gasteiger partial charge is 0.237 e. The van der Waals surface area contributed by atoms with Crippen LogP contribution >= 0.6 is 23.2 Å². The Labute approximate surface area is 249 Å². The number of halogens is 4. The number of rotatable bonds is 12. The van der Waals surface area contributed by atoms with Gasteiger partial charge in [0, 0.05) is 42.6 Å². The fourth-order valence-electron chi connectivity index (χ4n) is 5.59. The van der Waals surface area contributed by atoms with Gasteiger partial charge in [0.2, 0.25) is 11.8 Å². The Morgan fingerprint density at radius 2 is 1.88 bits per heavy atom. The van der Waals surface area contributed by atoms with Crippen molar-refractivity contribution in [2.45, 2.75) is 69.7 Å². The second kappa shape index (κ2) is 13.8. The molecule has 8 nitrogen and oxygen atoms in total. The normalized spacial score (nSPS) is 23.3. The van der Waals surface area contributed by atoms with Crippen LogP contribution in [0.25, 0.3) is 0 Å². The van der Waals surface area contributed by atoms with Crippen molar-refractivity contribution in [3.05, 3.63) is 69.2 Å². The van der Waals surface area contributed by atoms with Gasteiger partial charge in [0.05, 0.1) is 29.3 Å². The Morgan fingerprint density at radius 1 is 1.17 bits per heavy atom. The van der Waals surface area contributed by atoms with Gasteiger partial charge in [-0.3, -0.25) is 9.59 Å². The molecule has 5 atom stereocenters. The SMILES string of the molecule is CC(=O)NCCC(C)(C)CC1NC(C(=O)NCCC(O)CO)C(c2cccc(Cl)c2F)C1(N)c1ccc(Cl)cc1F. The monoisotopic (exact) mass is 614 g/mol. The standard InChI is InChI=1S/C29H38Cl2F2N4O4/c1-16(39)35-12-10-28(2,3)14-23-29(34,20-8-7-17(30)13-22(20)32)24(19-5-4-6-21(31)25(19)33)26(37-23)27(41)36-11-9-18(40)15-38/h4-8,13,18,23-24,26,37-38,40H,9-12,14-15,34H2,1-3H3,(H,35,39)(H,36,41). The number of carbonyl (C=O) groups excluding carboxylic acids is 2. The number of hydrogen-bond donors (Lipinski definition) is 6. The molecule has 0 aliphatic carbocycles. The fourth-order valence-corrected chi connectivity index (χ4v) is 5.93. The highest BCUT2D eigenvalue weighted by Gasteiger charge is 2.58. The van der Waals surface area contributed by atoms with Gasteiger partial charge >= 0.3 is 0 Å². The van der Waals surface area contributed by atoms with Crippen LogP contribution in [-0.2, 0) is 15.1 Å². The molecule has 1 fully saturated rings. The molecule has 1 aliphatic rings. The summed E-state index contributed by atoms with van der Waals surface area (Å²) < 4.78 is 31.3. The topological polar surface area (TPSA) is 137 Å². The summed E-state index contributed by atoms with van der Waals surface area (Å²) in [6, 6.07) is 6.59. The van der Waals surface area contributed by atoms with Crippen LogP contribution in [0.3, 0.4) is 0 Å². The lowest BCUT2D eigenvalue weighted by Gasteiger charge is -2.40. The maximum Gasteiger partial charge on any atom is 0.237 e. The van der Waals surface area contributed by atoms with E-state index in [2.05, 4.69) is 16.0 Å². The van der Waals surface area contributed by atoms with Crippen LogP contribution in [0.15, 0.2) is 36.4 Å². The van der Waals surface area contributed by atoms with E-state index in [-0.39, 0.29) is 40.0 Å². The second-order valence-electron chi connectivity index (χ2n) is 11.4. The highest BCUT2D eigenvalue weighted by Crippen LogP contribution is 2.50. The van der Waals surface area contributed by atoms with Crippen molar-refractivity contribution < 1.29 is 28.6 Å². The van der Waals surface area contributed by atoms with Crippen molar-refractivity contribution in [2.75, 3.05) is 19.7 Å². The first kappa shape index (κ1) is 33.2. The van der Waals surface area contributed by atoms with Crippen LogP contribution in [0.1, 0.15) is 57.1 Å². The summed E-state index contributed by atoms with van der Waals surface area (Å²) >= 11 is 12.2. The molecular weight excluding hydrogens is 577 g/mol. The van der Waals surface area contributed by atoms with Crippen LogP contribution in [0.2, 0.25) is 10.0 Å². The number of nitrogens with two attached hydrogens (primary N) is 1. The van der Waals surface area contributed by atoms with Gasteiger partial charge in [-0.2, -0.15) is 0 Å². The van der Waals surface area contributed by atoms with Crippen molar-refractivity contribution in [1.82, 2.24) is 16.0 Å². The molecular formula is C29H38Cl2F2N4O4. The summed E-state index contributed by atoms with van der Waals surface area (Å²) in [6.45, 7) is 5.31. The zero-order chi connectivity index (χ0) is 30.5. The van der Waals surface area contributed by atoms with E-state index >= 15 is 8.78 Å². The van der Waals surface area contributed by atoms with Gasteiger partial charge in [0.15, 0.2) is 0 Å². The van der Waals surface area contributed by atoms with E-state index in [1.54, 1.807) is 0 Å². The molecule has 1 aliphatic heterocycles. The van der Waals surface area contributed by atoms with E-state index < -0.39 is 59.2 Å². The quantitative estimate of drug-likeness (QED) is 0.217. The number of benzene rings is 2. The van der Waals surface area contributed by atoms with Gasteiger partial charge < -0.3 is 31.9 Å². The fraction of sp³-hybridized carbons (Fsp3) is 0.517. The number of carbonyl (C=O) groups is 2. The van der Waals surface area contributed by atoms with Crippen LogP contribution < -0.4 is 21.7 Å². The molecule has 5 unspecified atom stereocenters. The lowest BCUT2D eigenvalue weighted by molar-refractivity contribution is -0.123. The average Bonchev–Trinajstić information content (AvgIpc) is 3.16. The number of amides is 2. The van der Waals surface area contributed by atoms with Gasteiger partial charge in [-0.05, 0) is 48.4 Å². The van der Waals surface area contributed by atoms with E-state index in [0.29, 0.717) is 19.4 Å². The summed E-state index contributed by atoms with van der Waals surface area (Å²) in [5.74, 6) is -3.31. The van der Waals surface area contributed by atoms with Gasteiger partial charge in [-0.25, -0.2) is 8.78 Å². The Balaban J connectivity index is 2.14. The van der Waals surface area contributed by atoms with Crippen molar-refractivity contribution >= 4 is 35.0 Å². The minimum absolute atomic E-state index is 0.0310. The molecule has 0 saturated carbocycles. The zero-order valence-electron chi connectivity index (χ0n) is 23.3. The molecule has 12 heteroatoms. The van der Waals surface area contributed by atoms with E-state index in [0.717, 1.165) is 6.07 Å². The van der Waals surface area contributed by atoms with Crippen LogP contribution in [0.4, 0.5) is 8.78 Å². The molecule has 0 spiro atoms. The van der Waals surface area contributed by atoms with Crippen LogP contribution in [-0.4, -0.2) is 59.9 Å². The van der Waals surface area contributed by atoms with E-state index in [1.165, 1.54) is 37.3 Å². The number of nitrogens with one attached hydrogen (secondary N) is 3. The third kappa shape index (κ3) is 7.74. The molecule has 2 aromatic rings. The second-order valence-corrected chi connectivity index (χ2v) is 12.2. The first-order chi connectivity index (χ1) is 19.2. The van der Waals surface area contributed by atoms with E-state index in [4.69, 9.17) is 34.0 Å². The maximum absolute atomic E-state index is 15.7. The minimum atomic E-state index is -1.65. The highest BCUT2D eigenvalue weighted by atomic mass is 35.5. The van der Waals surface area contributed by atoms with E-state index in [9.17, 15) is 14.7 Å². The van der Waals surface area contributed by atoms with Crippen molar-refractivity contribution in [2.24, 2.45) is 11.1 Å². The molecule has 7 N–H and O–H groups in total. The Kier molecular flexibility index (Phi) is 11.1. The number of aliphatic hydroxyl groups excluding tert-OH is 2. The predicted molar refractivity (Wildman–Crippen MR) is 155 cm³/mol. The summed E-state index contributed by atoms with van der Waals surface area (Å²) in [5, 5.41) is 27.6. The lowest BCUT2D eigenvalue weighted by atomic mass is 9.67.